The van der Waals surface area contributed by atoms with Gasteiger partial charge in [-0.15, -0.1) is 11.3 Å². The molecule has 0 amide bonds. The molecule has 1 N–H and O–H groups in total. The zero-order valence-electron chi connectivity index (χ0n) is 12.4. The molecule has 0 unspecified atom stereocenters. The van der Waals surface area contributed by atoms with Gasteiger partial charge in [-0.3, -0.25) is 4.79 Å². The summed E-state index contributed by atoms with van der Waals surface area (Å²) < 4.78 is 4.64. The number of hydrogen-bond donors (Lipinski definition) is 1. The second kappa shape index (κ2) is 7.07. The summed E-state index contributed by atoms with van der Waals surface area (Å²) in [6.07, 6.45) is 7.74. The quantitative estimate of drug-likeness (QED) is 0.814. The summed E-state index contributed by atoms with van der Waals surface area (Å²) in [4.78, 5) is 15.6. The van der Waals surface area contributed by atoms with Crippen LogP contribution in [0.3, 0.4) is 0 Å². The number of carbonyl (C=O) groups is 1. The molecular formula is C15H24N2O2S. The summed E-state index contributed by atoms with van der Waals surface area (Å²) >= 11 is 1.62. The van der Waals surface area contributed by atoms with Crippen LogP contribution in [0.1, 0.15) is 51.1 Å². The molecule has 1 aliphatic carbocycles. The van der Waals surface area contributed by atoms with Gasteiger partial charge in [-0.05, 0) is 18.3 Å². The maximum absolute atomic E-state index is 11.1. The van der Waals surface area contributed by atoms with Gasteiger partial charge in [0.25, 0.3) is 0 Å². The number of methoxy groups -OCH3 is 1. The normalized spacial score (nSPS) is 17.7. The first kappa shape index (κ1) is 15.3. The number of nitrogens with one attached hydrogen (secondary N) is 1. The van der Waals surface area contributed by atoms with Crippen molar-refractivity contribution >= 4 is 22.4 Å². The number of carbonyl (C=O) groups excluding carboxylic acids is 1. The Bertz CT molecular complexity index is 439. The average molecular weight is 296 g/mol. The molecule has 0 spiro atoms. The number of thiazole rings is 1. The molecular weight excluding hydrogens is 272 g/mol. The Morgan fingerprint density at radius 3 is 2.90 bits per heavy atom. The van der Waals surface area contributed by atoms with E-state index in [2.05, 4.69) is 22.0 Å². The Morgan fingerprint density at radius 1 is 1.45 bits per heavy atom. The number of anilines is 1. The van der Waals surface area contributed by atoms with Crippen LogP contribution < -0.4 is 5.32 Å². The minimum absolute atomic E-state index is 0.178. The van der Waals surface area contributed by atoms with Crippen molar-refractivity contribution in [3.8, 4) is 0 Å². The number of esters is 1. The Balaban J connectivity index is 1.79. The smallest absolute Gasteiger partial charge is 0.305 e. The van der Waals surface area contributed by atoms with E-state index in [1.54, 1.807) is 11.3 Å². The van der Waals surface area contributed by atoms with E-state index in [-0.39, 0.29) is 5.97 Å². The third-order valence-corrected chi connectivity index (χ3v) is 4.94. The molecule has 0 radical (unpaired) electrons. The maximum atomic E-state index is 11.1. The molecule has 0 atom stereocenters. The first-order chi connectivity index (χ1) is 9.61. The highest BCUT2D eigenvalue weighted by molar-refractivity contribution is 7.13. The minimum Gasteiger partial charge on any atom is -0.469 e. The van der Waals surface area contributed by atoms with Crippen molar-refractivity contribution in [1.82, 2.24) is 4.98 Å². The fraction of sp³-hybridized carbons (Fsp3) is 0.733. The minimum atomic E-state index is -0.178. The summed E-state index contributed by atoms with van der Waals surface area (Å²) in [6, 6.07) is 0. The van der Waals surface area contributed by atoms with E-state index < -0.39 is 0 Å². The van der Waals surface area contributed by atoms with E-state index >= 15 is 0 Å². The van der Waals surface area contributed by atoms with Crippen molar-refractivity contribution in [3.63, 3.8) is 0 Å². The Labute approximate surface area is 124 Å². The Morgan fingerprint density at radius 2 is 2.20 bits per heavy atom. The topological polar surface area (TPSA) is 51.2 Å². The molecule has 1 saturated carbocycles. The number of aryl methyl sites for hydroxylation is 1. The third kappa shape index (κ3) is 4.47. The van der Waals surface area contributed by atoms with Gasteiger partial charge in [0.15, 0.2) is 5.13 Å². The number of aromatic nitrogens is 1. The highest BCUT2D eigenvalue weighted by Crippen LogP contribution is 2.36. The van der Waals surface area contributed by atoms with Crippen LogP contribution in [0, 0.1) is 5.41 Å². The SMILES string of the molecule is COC(=O)CCc1csc(NCC2(C)CCCCC2)n1. The van der Waals surface area contributed by atoms with Gasteiger partial charge < -0.3 is 10.1 Å². The van der Waals surface area contributed by atoms with E-state index in [0.29, 0.717) is 18.3 Å². The van der Waals surface area contributed by atoms with E-state index in [1.807, 2.05) is 5.38 Å². The number of ether oxygens (including phenoxy) is 1. The number of nitrogens with zero attached hydrogens (tertiary/aromatic N) is 1. The highest BCUT2D eigenvalue weighted by atomic mass is 32.1. The van der Waals surface area contributed by atoms with Crippen LogP contribution in [0.5, 0.6) is 0 Å². The van der Waals surface area contributed by atoms with Gasteiger partial charge in [0.05, 0.1) is 19.2 Å². The standard InChI is InChI=1S/C15H24N2O2S/c1-15(8-4-3-5-9-15)11-16-14-17-12(10-20-14)6-7-13(18)19-2/h10H,3-9,11H2,1-2H3,(H,16,17). The Hall–Kier alpha value is -1.10. The van der Waals surface area contributed by atoms with Crippen molar-refractivity contribution in [1.29, 1.82) is 0 Å². The van der Waals surface area contributed by atoms with Crippen LogP contribution in [0.25, 0.3) is 0 Å². The van der Waals surface area contributed by atoms with Crippen molar-refractivity contribution in [2.24, 2.45) is 5.41 Å². The summed E-state index contributed by atoms with van der Waals surface area (Å²) in [5.74, 6) is -0.178. The van der Waals surface area contributed by atoms with Crippen LogP contribution in [-0.4, -0.2) is 24.6 Å². The third-order valence-electron chi connectivity index (χ3n) is 4.09. The molecule has 0 aliphatic heterocycles. The average Bonchev–Trinajstić information content (AvgIpc) is 2.91. The van der Waals surface area contributed by atoms with Crippen molar-refractivity contribution < 1.29 is 9.53 Å². The molecule has 112 valence electrons. The first-order valence-corrected chi connectivity index (χ1v) is 8.24. The van der Waals surface area contributed by atoms with Gasteiger partial charge in [0.1, 0.15) is 0 Å². The summed E-state index contributed by atoms with van der Waals surface area (Å²) in [7, 11) is 1.42. The van der Waals surface area contributed by atoms with Crippen LogP contribution in [-0.2, 0) is 16.0 Å². The molecule has 2 rings (SSSR count). The number of hydrogen-bond acceptors (Lipinski definition) is 5. The van der Waals surface area contributed by atoms with Crippen LogP contribution in [0.2, 0.25) is 0 Å². The molecule has 4 nitrogen and oxygen atoms in total. The maximum Gasteiger partial charge on any atom is 0.305 e. The zero-order chi connectivity index (χ0) is 14.4. The molecule has 20 heavy (non-hydrogen) atoms. The molecule has 5 heteroatoms. The first-order valence-electron chi connectivity index (χ1n) is 7.36. The van der Waals surface area contributed by atoms with Gasteiger partial charge in [0.2, 0.25) is 0 Å². The number of rotatable bonds is 6. The van der Waals surface area contributed by atoms with Crippen LogP contribution >= 0.6 is 11.3 Å². The second-order valence-electron chi connectivity index (χ2n) is 5.95. The fourth-order valence-corrected chi connectivity index (χ4v) is 3.45. The fourth-order valence-electron chi connectivity index (χ4n) is 2.71. The zero-order valence-corrected chi connectivity index (χ0v) is 13.2. The lowest BCUT2D eigenvalue weighted by molar-refractivity contribution is -0.140. The van der Waals surface area contributed by atoms with Gasteiger partial charge in [-0.25, -0.2) is 4.98 Å². The molecule has 1 aromatic rings. The van der Waals surface area contributed by atoms with Gasteiger partial charge >= 0.3 is 5.97 Å². The molecule has 1 heterocycles. The summed E-state index contributed by atoms with van der Waals surface area (Å²) in [5, 5.41) is 6.46. The molecule has 1 aromatic heterocycles. The van der Waals surface area contributed by atoms with Crippen molar-refractivity contribution in [3.05, 3.63) is 11.1 Å². The van der Waals surface area contributed by atoms with Gasteiger partial charge in [-0.2, -0.15) is 0 Å². The van der Waals surface area contributed by atoms with Crippen LogP contribution in [0.4, 0.5) is 5.13 Å². The summed E-state index contributed by atoms with van der Waals surface area (Å²) in [5.41, 5.74) is 1.38. The van der Waals surface area contributed by atoms with E-state index in [1.165, 1.54) is 39.2 Å². The predicted molar refractivity (Wildman–Crippen MR) is 82.1 cm³/mol. The van der Waals surface area contributed by atoms with Crippen LogP contribution in [0.15, 0.2) is 5.38 Å². The lowest BCUT2D eigenvalue weighted by atomic mass is 9.76. The van der Waals surface area contributed by atoms with E-state index in [9.17, 15) is 4.79 Å². The van der Waals surface area contributed by atoms with Gasteiger partial charge in [-0.1, -0.05) is 26.2 Å². The van der Waals surface area contributed by atoms with Crippen molar-refractivity contribution in [2.75, 3.05) is 19.0 Å². The largest absolute Gasteiger partial charge is 0.469 e. The predicted octanol–water partition coefficient (Wildman–Crippen LogP) is 3.63. The monoisotopic (exact) mass is 296 g/mol. The Kier molecular flexibility index (Phi) is 5.40. The summed E-state index contributed by atoms with van der Waals surface area (Å²) in [6.45, 7) is 3.36. The molecule has 0 saturated heterocycles. The van der Waals surface area contributed by atoms with Gasteiger partial charge in [0, 0.05) is 18.3 Å². The lowest BCUT2D eigenvalue weighted by Gasteiger charge is -2.33. The molecule has 0 bridgehead atoms. The van der Waals surface area contributed by atoms with E-state index in [0.717, 1.165) is 17.4 Å². The van der Waals surface area contributed by atoms with Crippen molar-refractivity contribution in [2.45, 2.75) is 51.9 Å². The molecule has 0 aromatic carbocycles. The second-order valence-corrected chi connectivity index (χ2v) is 6.80. The van der Waals surface area contributed by atoms with E-state index in [4.69, 9.17) is 0 Å². The lowest BCUT2D eigenvalue weighted by Crippen LogP contribution is -2.28. The highest BCUT2D eigenvalue weighted by Gasteiger charge is 2.26. The molecule has 1 fully saturated rings. The molecule has 1 aliphatic rings.